The average Bonchev–Trinajstić information content (AvgIpc) is 2.87. The molecule has 0 spiro atoms. The Morgan fingerprint density at radius 3 is 2.61 bits per heavy atom. The maximum Gasteiger partial charge on any atom is 0.328 e. The van der Waals surface area contributed by atoms with Gasteiger partial charge in [0.25, 0.3) is 0 Å². The third-order valence-corrected chi connectivity index (χ3v) is 4.85. The van der Waals surface area contributed by atoms with Crippen LogP contribution in [0.15, 0.2) is 18.3 Å². The van der Waals surface area contributed by atoms with Crippen LogP contribution in [0.3, 0.4) is 0 Å². The summed E-state index contributed by atoms with van der Waals surface area (Å²) in [5.74, 6) is -0.218. The number of nitrogens with one attached hydrogen (secondary N) is 2. The molecule has 7 heteroatoms. The molecule has 4 heterocycles. The zero-order valence-corrected chi connectivity index (χ0v) is 13.0. The van der Waals surface area contributed by atoms with Crippen molar-refractivity contribution in [3.05, 3.63) is 24.0 Å². The van der Waals surface area contributed by atoms with Crippen LogP contribution in [0.5, 0.6) is 0 Å². The highest BCUT2D eigenvalue weighted by molar-refractivity contribution is 6.05. The van der Waals surface area contributed by atoms with Gasteiger partial charge in [-0.15, -0.1) is 0 Å². The Bertz CT molecular complexity index is 605. The number of nitrogens with zero attached hydrogens (tertiary/aromatic N) is 3. The van der Waals surface area contributed by atoms with Gasteiger partial charge in [-0.2, -0.15) is 0 Å². The summed E-state index contributed by atoms with van der Waals surface area (Å²) < 4.78 is 0. The minimum atomic E-state index is -0.366. The molecule has 2 N–H and O–H groups in total. The number of hydrogen-bond acceptors (Lipinski definition) is 5. The van der Waals surface area contributed by atoms with E-state index < -0.39 is 0 Å². The molecule has 3 amide bonds. The van der Waals surface area contributed by atoms with Gasteiger partial charge >= 0.3 is 6.03 Å². The molecular weight excluding hydrogens is 294 g/mol. The Balaban J connectivity index is 1.40. The molecule has 2 bridgehead atoms. The van der Waals surface area contributed by atoms with E-state index in [0.717, 1.165) is 31.0 Å². The summed E-state index contributed by atoms with van der Waals surface area (Å²) in [4.78, 5) is 31.5. The number of piperazine rings is 1. The molecule has 2 unspecified atom stereocenters. The monoisotopic (exact) mass is 315 g/mol. The van der Waals surface area contributed by atoms with E-state index in [9.17, 15) is 9.59 Å². The lowest BCUT2D eigenvalue weighted by Gasteiger charge is -2.32. The van der Waals surface area contributed by atoms with Crippen LogP contribution in [-0.2, 0) is 11.3 Å². The minimum Gasteiger partial charge on any atom is -0.309 e. The molecule has 0 aliphatic carbocycles. The first-order chi connectivity index (χ1) is 11.2. The summed E-state index contributed by atoms with van der Waals surface area (Å²) in [6, 6.07) is 4.78. The number of carbonyl (C=O) groups excluding carboxylic acids is 2. The van der Waals surface area contributed by atoms with Gasteiger partial charge in [-0.05, 0) is 25.0 Å². The van der Waals surface area contributed by atoms with Crippen LogP contribution in [0, 0.1) is 0 Å². The van der Waals surface area contributed by atoms with Gasteiger partial charge < -0.3 is 5.32 Å². The fourth-order valence-electron chi connectivity index (χ4n) is 3.73. The second-order valence-corrected chi connectivity index (χ2v) is 6.59. The number of fused-ring (bicyclic) bond motifs is 2. The summed E-state index contributed by atoms with van der Waals surface area (Å²) in [5.41, 5.74) is 1.75. The molecule has 0 aromatic carbocycles. The molecule has 1 aromatic rings. The van der Waals surface area contributed by atoms with Crippen molar-refractivity contribution < 1.29 is 9.59 Å². The number of rotatable bonds is 3. The van der Waals surface area contributed by atoms with Crippen molar-refractivity contribution in [1.82, 2.24) is 20.5 Å². The molecule has 0 saturated carbocycles. The van der Waals surface area contributed by atoms with Crippen molar-refractivity contribution in [2.75, 3.05) is 24.5 Å². The molecule has 7 nitrogen and oxygen atoms in total. The quantitative estimate of drug-likeness (QED) is 0.847. The number of likely N-dealkylation sites (tertiary alicyclic amines) is 1. The van der Waals surface area contributed by atoms with Crippen LogP contribution in [-0.4, -0.2) is 53.5 Å². The molecule has 122 valence electrons. The van der Waals surface area contributed by atoms with E-state index in [1.165, 1.54) is 12.8 Å². The number of carbonyl (C=O) groups is 2. The lowest BCUT2D eigenvalue weighted by Crippen LogP contribution is -2.50. The summed E-state index contributed by atoms with van der Waals surface area (Å²) in [7, 11) is 0. The first kappa shape index (κ1) is 14.6. The Kier molecular flexibility index (Phi) is 3.74. The first-order valence-corrected chi connectivity index (χ1v) is 8.22. The van der Waals surface area contributed by atoms with Gasteiger partial charge in [-0.25, -0.2) is 4.79 Å². The van der Waals surface area contributed by atoms with Gasteiger partial charge in [0.2, 0.25) is 5.91 Å². The van der Waals surface area contributed by atoms with Crippen molar-refractivity contribution in [2.24, 2.45) is 0 Å². The van der Waals surface area contributed by atoms with Crippen molar-refractivity contribution in [3.63, 3.8) is 0 Å². The third-order valence-electron chi connectivity index (χ3n) is 4.85. The molecule has 2 atom stereocenters. The van der Waals surface area contributed by atoms with E-state index in [-0.39, 0.29) is 11.9 Å². The van der Waals surface area contributed by atoms with Crippen molar-refractivity contribution in [1.29, 1.82) is 0 Å². The largest absolute Gasteiger partial charge is 0.328 e. The van der Waals surface area contributed by atoms with Crippen molar-refractivity contribution >= 4 is 17.6 Å². The fraction of sp³-hybridized carbons (Fsp3) is 0.562. The predicted molar refractivity (Wildman–Crippen MR) is 85.0 cm³/mol. The average molecular weight is 315 g/mol. The number of urea groups is 1. The minimum absolute atomic E-state index is 0.218. The van der Waals surface area contributed by atoms with Gasteiger partial charge in [0, 0.05) is 44.7 Å². The highest BCUT2D eigenvalue weighted by Crippen LogP contribution is 2.22. The molecule has 4 rings (SSSR count). The van der Waals surface area contributed by atoms with Crippen LogP contribution in [0.1, 0.15) is 25.0 Å². The number of pyridine rings is 1. The summed E-state index contributed by atoms with van der Waals surface area (Å²) in [5, 5.41) is 5.96. The second-order valence-electron chi connectivity index (χ2n) is 6.59. The molecule has 0 radical (unpaired) electrons. The zero-order chi connectivity index (χ0) is 15.8. The Labute approximate surface area is 135 Å². The van der Waals surface area contributed by atoms with Gasteiger partial charge in [0.15, 0.2) is 0 Å². The van der Waals surface area contributed by atoms with Gasteiger partial charge in [0.05, 0.1) is 17.6 Å². The van der Waals surface area contributed by atoms with Crippen molar-refractivity contribution in [2.45, 2.75) is 37.9 Å². The van der Waals surface area contributed by atoms with E-state index in [2.05, 4.69) is 20.5 Å². The summed E-state index contributed by atoms with van der Waals surface area (Å²) >= 11 is 0. The maximum atomic E-state index is 11.8. The first-order valence-electron chi connectivity index (χ1n) is 8.22. The van der Waals surface area contributed by atoms with E-state index >= 15 is 0 Å². The number of hydrogen-bond donors (Lipinski definition) is 2. The molecule has 23 heavy (non-hydrogen) atoms. The summed E-state index contributed by atoms with van der Waals surface area (Å²) in [6.45, 7) is 3.42. The molecule has 3 saturated heterocycles. The topological polar surface area (TPSA) is 77.6 Å². The van der Waals surface area contributed by atoms with E-state index in [0.29, 0.717) is 25.0 Å². The number of anilines is 1. The van der Waals surface area contributed by atoms with Crippen LogP contribution in [0.2, 0.25) is 0 Å². The second kappa shape index (κ2) is 5.90. The molecule has 3 fully saturated rings. The van der Waals surface area contributed by atoms with E-state index in [1.807, 2.05) is 12.1 Å². The van der Waals surface area contributed by atoms with Gasteiger partial charge in [0.1, 0.15) is 0 Å². The van der Waals surface area contributed by atoms with Crippen LogP contribution < -0.4 is 15.5 Å². The maximum absolute atomic E-state index is 11.8. The van der Waals surface area contributed by atoms with Crippen LogP contribution in [0.4, 0.5) is 10.5 Å². The molecule has 3 aliphatic heterocycles. The highest BCUT2D eigenvalue weighted by Gasteiger charge is 2.32. The summed E-state index contributed by atoms with van der Waals surface area (Å²) in [6.07, 6.45) is 4.60. The van der Waals surface area contributed by atoms with Gasteiger partial charge in [-0.1, -0.05) is 0 Å². The SMILES string of the molecule is O=C1CCN(c2ccc(CN3CC4CCC(C3)N4)nc2)C(=O)N1. The predicted octanol–water partition coefficient (Wildman–Crippen LogP) is 0.464. The lowest BCUT2D eigenvalue weighted by molar-refractivity contribution is -0.120. The van der Waals surface area contributed by atoms with Crippen LogP contribution in [0.25, 0.3) is 0 Å². The Hall–Kier alpha value is -1.99. The normalized spacial score (nSPS) is 28.1. The smallest absolute Gasteiger partial charge is 0.309 e. The van der Waals surface area contributed by atoms with E-state index in [1.54, 1.807) is 11.1 Å². The standard InChI is InChI=1S/C16H21N5O2/c22-15-5-6-21(16(23)19-15)14-4-3-11(17-7-14)8-20-9-12-1-2-13(10-20)18-12/h3-4,7,12-13,18H,1-2,5-6,8-10H2,(H,19,22,23). The molecule has 1 aromatic heterocycles. The zero-order valence-electron chi connectivity index (χ0n) is 13.0. The lowest BCUT2D eigenvalue weighted by atomic mass is 10.2. The number of amides is 3. The Morgan fingerprint density at radius 1 is 1.17 bits per heavy atom. The van der Waals surface area contributed by atoms with Gasteiger partial charge in [-0.3, -0.25) is 24.9 Å². The van der Waals surface area contributed by atoms with E-state index in [4.69, 9.17) is 0 Å². The van der Waals surface area contributed by atoms with Crippen LogP contribution >= 0.6 is 0 Å². The van der Waals surface area contributed by atoms with Crippen molar-refractivity contribution in [3.8, 4) is 0 Å². The third kappa shape index (κ3) is 3.07. The number of imide groups is 1. The Morgan fingerprint density at radius 2 is 1.96 bits per heavy atom. The number of aromatic nitrogens is 1. The molecular formula is C16H21N5O2. The fourth-order valence-corrected chi connectivity index (χ4v) is 3.73. The molecule has 3 aliphatic rings. The highest BCUT2D eigenvalue weighted by atomic mass is 16.2.